The molecule has 0 bridgehead atoms. The van der Waals surface area contributed by atoms with E-state index in [0.29, 0.717) is 32.5 Å². The molecular weight excluding hydrogens is 408 g/mol. The Bertz CT molecular complexity index is 1060. The lowest BCUT2D eigenvalue weighted by molar-refractivity contribution is 0.0954. The van der Waals surface area contributed by atoms with Crippen molar-refractivity contribution in [3.8, 4) is 0 Å². The predicted molar refractivity (Wildman–Crippen MR) is 114 cm³/mol. The quantitative estimate of drug-likeness (QED) is 0.561. The Morgan fingerprint density at radius 2 is 1.97 bits per heavy atom. The summed E-state index contributed by atoms with van der Waals surface area (Å²) in [5.74, 6) is 0.546. The second-order valence-corrected chi connectivity index (χ2v) is 9.96. The minimum absolute atomic E-state index is 0.124. The summed E-state index contributed by atoms with van der Waals surface area (Å²) in [5.41, 5.74) is 1.93. The topological polar surface area (TPSA) is 95.2 Å². The molecule has 0 radical (unpaired) electrons. The highest BCUT2D eigenvalue weighted by Gasteiger charge is 2.30. The molecule has 7 nitrogen and oxygen atoms in total. The minimum Gasteiger partial charge on any atom is -0.351 e. The molecule has 0 atom stereocenters. The van der Waals surface area contributed by atoms with Crippen molar-refractivity contribution in [2.75, 3.05) is 19.6 Å². The Kier molecular flexibility index (Phi) is 5.98. The van der Waals surface area contributed by atoms with Gasteiger partial charge in [-0.3, -0.25) is 4.79 Å². The second kappa shape index (κ2) is 8.64. The number of sulfonamides is 1. The van der Waals surface area contributed by atoms with Crippen LogP contribution in [0.5, 0.6) is 0 Å². The van der Waals surface area contributed by atoms with Crippen LogP contribution >= 0.6 is 11.3 Å². The number of aromatic nitrogens is 2. The van der Waals surface area contributed by atoms with Gasteiger partial charge in [0.1, 0.15) is 15.6 Å². The molecular formula is C20H24N4O3S2. The lowest BCUT2D eigenvalue weighted by Crippen LogP contribution is -2.36. The average molecular weight is 433 g/mol. The Labute approximate surface area is 174 Å². The molecule has 0 saturated carbocycles. The first-order valence-electron chi connectivity index (χ1n) is 9.85. The summed E-state index contributed by atoms with van der Waals surface area (Å²) in [6.07, 6.45) is 4.21. The predicted octanol–water partition coefficient (Wildman–Crippen LogP) is 3.16. The molecule has 2 aromatic heterocycles. The fourth-order valence-electron chi connectivity index (χ4n) is 3.57. The monoisotopic (exact) mass is 432 g/mol. The number of imidazole rings is 1. The van der Waals surface area contributed by atoms with Crippen molar-refractivity contribution < 1.29 is 13.2 Å². The number of rotatable bonds is 7. The molecule has 0 spiro atoms. The van der Waals surface area contributed by atoms with Gasteiger partial charge in [-0.2, -0.15) is 4.31 Å². The molecule has 2 N–H and O–H groups in total. The summed E-state index contributed by atoms with van der Waals surface area (Å²) in [5, 5.41) is 4.52. The number of benzene rings is 1. The van der Waals surface area contributed by atoms with Gasteiger partial charge in [0, 0.05) is 26.1 Å². The van der Waals surface area contributed by atoms with E-state index in [2.05, 4.69) is 15.3 Å². The number of amides is 1. The Morgan fingerprint density at radius 1 is 1.17 bits per heavy atom. The molecule has 4 rings (SSSR count). The van der Waals surface area contributed by atoms with Crippen molar-refractivity contribution in [3.63, 3.8) is 0 Å². The number of aromatic amines is 1. The third-order valence-electron chi connectivity index (χ3n) is 5.08. The lowest BCUT2D eigenvalue weighted by Gasteiger charge is -2.25. The summed E-state index contributed by atoms with van der Waals surface area (Å²) < 4.78 is 27.3. The number of hydrogen-bond donors (Lipinski definition) is 2. The fourth-order valence-corrected chi connectivity index (χ4v) is 6.41. The van der Waals surface area contributed by atoms with Crippen LogP contribution in [0.2, 0.25) is 0 Å². The van der Waals surface area contributed by atoms with Crippen molar-refractivity contribution >= 4 is 38.3 Å². The van der Waals surface area contributed by atoms with Gasteiger partial charge in [-0.05, 0) is 42.8 Å². The van der Waals surface area contributed by atoms with Crippen LogP contribution in [-0.4, -0.2) is 48.2 Å². The largest absolute Gasteiger partial charge is 0.351 e. The number of para-hydroxylation sites is 2. The maximum atomic E-state index is 12.9. The molecule has 1 fully saturated rings. The summed E-state index contributed by atoms with van der Waals surface area (Å²) >= 11 is 1.17. The summed E-state index contributed by atoms with van der Waals surface area (Å²) in [6.45, 7) is 1.50. The van der Waals surface area contributed by atoms with E-state index in [1.165, 1.54) is 21.7 Å². The van der Waals surface area contributed by atoms with Gasteiger partial charge in [0.25, 0.3) is 5.91 Å². The van der Waals surface area contributed by atoms with Crippen LogP contribution in [0.25, 0.3) is 11.0 Å². The van der Waals surface area contributed by atoms with Crippen LogP contribution in [0.1, 0.15) is 41.2 Å². The Morgan fingerprint density at radius 3 is 2.76 bits per heavy atom. The average Bonchev–Trinajstić information content (AvgIpc) is 3.39. The van der Waals surface area contributed by atoms with Crippen LogP contribution in [0.15, 0.2) is 40.6 Å². The second-order valence-electron chi connectivity index (χ2n) is 7.14. The number of H-pyrrole nitrogens is 1. The number of nitrogens with zero attached hydrogens (tertiary/aromatic N) is 2. The van der Waals surface area contributed by atoms with Gasteiger partial charge in [0.05, 0.1) is 11.0 Å². The number of thiophene rings is 1. The molecule has 9 heteroatoms. The van der Waals surface area contributed by atoms with E-state index >= 15 is 0 Å². The number of carbonyl (C=O) groups is 1. The van der Waals surface area contributed by atoms with E-state index in [9.17, 15) is 13.2 Å². The number of piperidine rings is 1. The smallest absolute Gasteiger partial charge is 0.262 e. The van der Waals surface area contributed by atoms with Crippen LogP contribution in [0.3, 0.4) is 0 Å². The van der Waals surface area contributed by atoms with Gasteiger partial charge in [-0.25, -0.2) is 13.4 Å². The third kappa shape index (κ3) is 4.36. The first kappa shape index (κ1) is 20.1. The van der Waals surface area contributed by atoms with Crippen molar-refractivity contribution in [1.29, 1.82) is 0 Å². The molecule has 0 aliphatic carbocycles. The van der Waals surface area contributed by atoms with Gasteiger partial charge in [0.2, 0.25) is 10.0 Å². The molecule has 154 valence electrons. The Balaban J connectivity index is 1.35. The zero-order valence-electron chi connectivity index (χ0n) is 16.1. The molecule has 0 unspecified atom stereocenters. The van der Waals surface area contributed by atoms with E-state index in [1.807, 2.05) is 24.3 Å². The summed E-state index contributed by atoms with van der Waals surface area (Å²) in [7, 11) is -3.61. The minimum atomic E-state index is -3.61. The molecule has 29 heavy (non-hydrogen) atoms. The summed E-state index contributed by atoms with van der Waals surface area (Å²) in [6, 6.07) is 9.38. The molecule has 1 aliphatic rings. The highest BCUT2D eigenvalue weighted by molar-refractivity contribution is 7.89. The van der Waals surface area contributed by atoms with Gasteiger partial charge in [-0.15, -0.1) is 11.3 Å². The molecule has 1 amide bonds. The van der Waals surface area contributed by atoms with Crippen molar-refractivity contribution in [2.45, 2.75) is 37.0 Å². The normalized spacial score (nSPS) is 15.6. The van der Waals surface area contributed by atoms with Crippen molar-refractivity contribution in [3.05, 3.63) is 46.4 Å². The number of aryl methyl sites for hydroxylation is 1. The van der Waals surface area contributed by atoms with E-state index in [1.54, 1.807) is 5.38 Å². The zero-order chi connectivity index (χ0) is 20.3. The fraction of sp³-hybridized carbons (Fsp3) is 0.400. The number of hydrogen-bond acceptors (Lipinski definition) is 5. The highest BCUT2D eigenvalue weighted by atomic mass is 32.2. The van der Waals surface area contributed by atoms with E-state index in [0.717, 1.165) is 36.1 Å². The maximum absolute atomic E-state index is 12.9. The maximum Gasteiger partial charge on any atom is 0.262 e. The Hall–Kier alpha value is -2.23. The third-order valence-corrected chi connectivity index (χ3v) is 8.07. The zero-order valence-corrected chi connectivity index (χ0v) is 17.7. The first-order valence-corrected chi connectivity index (χ1v) is 12.2. The standard InChI is InChI=1S/C20H24N4O3S2/c25-20(21-11-6-9-18-22-15-7-2-3-8-16(15)23-18)19-17(10-14-28-19)29(26,27)24-12-4-1-5-13-24/h2-3,7-8,10,14H,1,4-6,9,11-13H2,(H,21,25)(H,22,23). The van der Waals surface area contributed by atoms with Crippen LogP contribution < -0.4 is 5.32 Å². The molecule has 3 aromatic rings. The van der Waals surface area contributed by atoms with E-state index < -0.39 is 10.0 Å². The van der Waals surface area contributed by atoms with Gasteiger partial charge < -0.3 is 10.3 Å². The van der Waals surface area contributed by atoms with Crippen LogP contribution in [0.4, 0.5) is 0 Å². The number of carbonyl (C=O) groups excluding carboxylic acids is 1. The molecule has 3 heterocycles. The molecule has 1 aromatic carbocycles. The van der Waals surface area contributed by atoms with Crippen LogP contribution in [-0.2, 0) is 16.4 Å². The lowest BCUT2D eigenvalue weighted by atomic mass is 10.2. The van der Waals surface area contributed by atoms with Gasteiger partial charge in [-0.1, -0.05) is 18.6 Å². The molecule has 1 saturated heterocycles. The van der Waals surface area contributed by atoms with Crippen LogP contribution in [0, 0.1) is 0 Å². The van der Waals surface area contributed by atoms with Gasteiger partial charge in [0.15, 0.2) is 0 Å². The van der Waals surface area contributed by atoms with E-state index in [-0.39, 0.29) is 15.7 Å². The highest BCUT2D eigenvalue weighted by Crippen LogP contribution is 2.27. The molecule has 1 aliphatic heterocycles. The SMILES string of the molecule is O=C(NCCCc1nc2ccccc2[nH]1)c1sccc1S(=O)(=O)N1CCCCC1. The van der Waals surface area contributed by atoms with Crippen molar-refractivity contribution in [2.24, 2.45) is 0 Å². The first-order chi connectivity index (χ1) is 14.1. The number of fused-ring (bicyclic) bond motifs is 1. The van der Waals surface area contributed by atoms with Crippen molar-refractivity contribution in [1.82, 2.24) is 19.6 Å². The summed E-state index contributed by atoms with van der Waals surface area (Å²) in [4.78, 5) is 20.8. The number of nitrogens with one attached hydrogen (secondary N) is 2. The van der Waals surface area contributed by atoms with E-state index in [4.69, 9.17) is 0 Å². The van der Waals surface area contributed by atoms with Gasteiger partial charge >= 0.3 is 0 Å².